The van der Waals surface area contributed by atoms with E-state index in [0.29, 0.717) is 19.3 Å². The van der Waals surface area contributed by atoms with E-state index in [2.05, 4.69) is 10.6 Å². The van der Waals surface area contributed by atoms with E-state index in [1.807, 2.05) is 0 Å². The van der Waals surface area contributed by atoms with Crippen LogP contribution in [0, 0.1) is 5.82 Å². The van der Waals surface area contributed by atoms with Gasteiger partial charge in [0.25, 0.3) is 0 Å². The predicted octanol–water partition coefficient (Wildman–Crippen LogP) is 2.50. The normalized spacial score (nSPS) is 12.4. The number of unbranched alkanes of at least 4 members (excludes halogenated alkanes) is 1. The van der Waals surface area contributed by atoms with E-state index in [1.165, 1.54) is 12.1 Å². The molecule has 0 aliphatic rings. The Balaban J connectivity index is 2.61. The summed E-state index contributed by atoms with van der Waals surface area (Å²) in [6.07, 6.45) is 0.840. The summed E-state index contributed by atoms with van der Waals surface area (Å²) in [6.45, 7) is 5.47. The number of nitrogens with one attached hydrogen (secondary N) is 2. The standard InChI is InChI=1S/C18H27FN2O4/c1-18(2,3)25-17(24)21-15(6-4-5-11-22)16(23)20-12-13-7-9-14(19)10-8-13/h7-10,15,22H,4-6,11-12H2,1-3H3,(H,20,23)(H,21,24). The summed E-state index contributed by atoms with van der Waals surface area (Å²) in [5, 5.41) is 14.2. The quantitative estimate of drug-likeness (QED) is 0.626. The molecule has 7 heteroatoms. The Morgan fingerprint density at radius 3 is 2.40 bits per heavy atom. The van der Waals surface area contributed by atoms with Gasteiger partial charge in [-0.2, -0.15) is 0 Å². The molecule has 1 atom stereocenters. The summed E-state index contributed by atoms with van der Waals surface area (Å²) in [4.78, 5) is 24.3. The Hall–Kier alpha value is -2.15. The monoisotopic (exact) mass is 354 g/mol. The molecule has 3 N–H and O–H groups in total. The van der Waals surface area contributed by atoms with Gasteiger partial charge in [0.1, 0.15) is 17.5 Å². The highest BCUT2D eigenvalue weighted by Crippen LogP contribution is 2.09. The van der Waals surface area contributed by atoms with Crippen molar-refractivity contribution in [3.63, 3.8) is 0 Å². The van der Waals surface area contributed by atoms with Gasteiger partial charge in [-0.3, -0.25) is 4.79 Å². The van der Waals surface area contributed by atoms with E-state index in [4.69, 9.17) is 9.84 Å². The molecule has 0 saturated heterocycles. The number of hydrogen-bond acceptors (Lipinski definition) is 4. The van der Waals surface area contributed by atoms with Crippen molar-refractivity contribution in [1.29, 1.82) is 0 Å². The van der Waals surface area contributed by atoms with E-state index in [0.717, 1.165) is 5.56 Å². The molecule has 1 unspecified atom stereocenters. The maximum atomic E-state index is 12.9. The molecular formula is C18H27FN2O4. The number of halogens is 1. The van der Waals surface area contributed by atoms with E-state index >= 15 is 0 Å². The first-order valence-electron chi connectivity index (χ1n) is 8.34. The van der Waals surface area contributed by atoms with Crippen LogP contribution in [0.2, 0.25) is 0 Å². The summed E-state index contributed by atoms with van der Waals surface area (Å²) in [5.74, 6) is -0.698. The number of carbonyl (C=O) groups excluding carboxylic acids is 2. The molecular weight excluding hydrogens is 327 g/mol. The van der Waals surface area contributed by atoms with Crippen LogP contribution < -0.4 is 10.6 Å². The van der Waals surface area contributed by atoms with Crippen LogP contribution in [-0.4, -0.2) is 35.4 Å². The van der Waals surface area contributed by atoms with E-state index < -0.39 is 17.7 Å². The Kier molecular flexibility index (Phi) is 8.34. The van der Waals surface area contributed by atoms with Crippen molar-refractivity contribution in [2.75, 3.05) is 6.61 Å². The third-order valence-electron chi connectivity index (χ3n) is 3.29. The molecule has 0 spiro atoms. The van der Waals surface area contributed by atoms with Crippen LogP contribution >= 0.6 is 0 Å². The van der Waals surface area contributed by atoms with Gasteiger partial charge >= 0.3 is 6.09 Å². The Morgan fingerprint density at radius 2 is 1.84 bits per heavy atom. The van der Waals surface area contributed by atoms with Crippen molar-refractivity contribution in [1.82, 2.24) is 10.6 Å². The zero-order valence-electron chi connectivity index (χ0n) is 15.0. The number of amides is 2. The van der Waals surface area contributed by atoms with Gasteiger partial charge in [0.05, 0.1) is 0 Å². The minimum Gasteiger partial charge on any atom is -0.444 e. The number of ether oxygens (including phenoxy) is 1. The van der Waals surface area contributed by atoms with Gasteiger partial charge in [0, 0.05) is 13.2 Å². The average Bonchev–Trinajstić information content (AvgIpc) is 2.51. The van der Waals surface area contributed by atoms with Gasteiger partial charge in [-0.25, -0.2) is 9.18 Å². The number of rotatable bonds is 8. The number of benzene rings is 1. The number of aliphatic hydroxyl groups is 1. The van der Waals surface area contributed by atoms with Gasteiger partial charge in [-0.1, -0.05) is 12.1 Å². The lowest BCUT2D eigenvalue weighted by atomic mass is 10.1. The zero-order chi connectivity index (χ0) is 18.9. The molecule has 0 bridgehead atoms. The minimum atomic E-state index is -0.762. The Labute approximate surface area is 147 Å². The predicted molar refractivity (Wildman–Crippen MR) is 92.3 cm³/mol. The molecule has 0 saturated carbocycles. The van der Waals surface area contributed by atoms with Gasteiger partial charge in [-0.15, -0.1) is 0 Å². The number of alkyl carbamates (subject to hydrolysis) is 1. The summed E-state index contributed by atoms with van der Waals surface area (Å²) >= 11 is 0. The molecule has 0 heterocycles. The second-order valence-corrected chi connectivity index (χ2v) is 6.76. The Bertz CT molecular complexity index is 555. The van der Waals surface area contributed by atoms with Crippen molar-refractivity contribution < 1.29 is 23.8 Å². The third kappa shape index (κ3) is 9.05. The van der Waals surface area contributed by atoms with Crippen LogP contribution in [0.4, 0.5) is 9.18 Å². The Morgan fingerprint density at radius 1 is 1.20 bits per heavy atom. The lowest BCUT2D eigenvalue weighted by Crippen LogP contribution is -2.48. The molecule has 2 amide bonds. The molecule has 0 aromatic heterocycles. The summed E-state index contributed by atoms with van der Waals surface area (Å²) in [6, 6.07) is 5.04. The number of aliphatic hydroxyl groups excluding tert-OH is 1. The number of carbonyl (C=O) groups is 2. The van der Waals surface area contributed by atoms with Gasteiger partial charge in [-0.05, 0) is 57.7 Å². The van der Waals surface area contributed by atoms with Crippen molar-refractivity contribution in [3.8, 4) is 0 Å². The second-order valence-electron chi connectivity index (χ2n) is 6.76. The maximum absolute atomic E-state index is 12.9. The highest BCUT2D eigenvalue weighted by molar-refractivity contribution is 5.85. The fraction of sp³-hybridized carbons (Fsp3) is 0.556. The molecule has 6 nitrogen and oxygen atoms in total. The second kappa shape index (κ2) is 9.98. The maximum Gasteiger partial charge on any atom is 0.408 e. The van der Waals surface area contributed by atoms with Gasteiger partial charge < -0.3 is 20.5 Å². The molecule has 0 aliphatic heterocycles. The van der Waals surface area contributed by atoms with E-state index in [1.54, 1.807) is 32.9 Å². The van der Waals surface area contributed by atoms with E-state index in [-0.39, 0.29) is 24.9 Å². The topological polar surface area (TPSA) is 87.7 Å². The first-order chi connectivity index (χ1) is 11.7. The smallest absolute Gasteiger partial charge is 0.408 e. The highest BCUT2D eigenvalue weighted by atomic mass is 19.1. The lowest BCUT2D eigenvalue weighted by Gasteiger charge is -2.23. The van der Waals surface area contributed by atoms with Crippen LogP contribution in [0.15, 0.2) is 24.3 Å². The van der Waals surface area contributed by atoms with Crippen LogP contribution in [0.1, 0.15) is 45.6 Å². The molecule has 1 rings (SSSR count). The molecule has 1 aromatic rings. The lowest BCUT2D eigenvalue weighted by molar-refractivity contribution is -0.123. The fourth-order valence-electron chi connectivity index (χ4n) is 2.09. The fourth-order valence-corrected chi connectivity index (χ4v) is 2.09. The SMILES string of the molecule is CC(C)(C)OC(=O)NC(CCCCO)C(=O)NCc1ccc(F)cc1. The third-order valence-corrected chi connectivity index (χ3v) is 3.29. The first-order valence-corrected chi connectivity index (χ1v) is 8.34. The molecule has 1 aromatic carbocycles. The van der Waals surface area contributed by atoms with Gasteiger partial charge in [0.2, 0.25) is 5.91 Å². The summed E-state index contributed by atoms with van der Waals surface area (Å²) in [7, 11) is 0. The molecule has 0 fully saturated rings. The van der Waals surface area contributed by atoms with Crippen molar-refractivity contribution >= 4 is 12.0 Å². The molecule has 25 heavy (non-hydrogen) atoms. The zero-order valence-corrected chi connectivity index (χ0v) is 15.0. The van der Waals surface area contributed by atoms with Crippen LogP contribution in [-0.2, 0) is 16.1 Å². The largest absolute Gasteiger partial charge is 0.444 e. The molecule has 0 aliphatic carbocycles. The van der Waals surface area contributed by atoms with Crippen LogP contribution in [0.25, 0.3) is 0 Å². The number of hydrogen-bond donors (Lipinski definition) is 3. The minimum absolute atomic E-state index is 0.0242. The van der Waals surface area contributed by atoms with Gasteiger partial charge in [0.15, 0.2) is 0 Å². The van der Waals surface area contributed by atoms with Crippen LogP contribution in [0.5, 0.6) is 0 Å². The highest BCUT2D eigenvalue weighted by Gasteiger charge is 2.23. The summed E-state index contributed by atoms with van der Waals surface area (Å²) < 4.78 is 18.1. The van der Waals surface area contributed by atoms with Crippen LogP contribution in [0.3, 0.4) is 0 Å². The van der Waals surface area contributed by atoms with Crippen molar-refractivity contribution in [2.45, 2.75) is 58.2 Å². The molecule has 140 valence electrons. The summed E-state index contributed by atoms with van der Waals surface area (Å²) in [5.41, 5.74) is 0.0887. The molecule has 0 radical (unpaired) electrons. The van der Waals surface area contributed by atoms with Crippen molar-refractivity contribution in [2.24, 2.45) is 0 Å². The van der Waals surface area contributed by atoms with Crippen molar-refractivity contribution in [3.05, 3.63) is 35.6 Å². The average molecular weight is 354 g/mol. The van der Waals surface area contributed by atoms with E-state index in [9.17, 15) is 14.0 Å². The first kappa shape index (κ1) is 20.9.